The van der Waals surface area contributed by atoms with Gasteiger partial charge in [0.15, 0.2) is 0 Å². The zero-order valence-corrected chi connectivity index (χ0v) is 11.3. The van der Waals surface area contributed by atoms with E-state index in [1.54, 1.807) is 12.4 Å². The van der Waals surface area contributed by atoms with Crippen LogP contribution < -0.4 is 0 Å². The molecule has 4 heteroatoms. The molecule has 0 N–H and O–H groups in total. The van der Waals surface area contributed by atoms with Crippen molar-refractivity contribution in [3.05, 3.63) is 65.5 Å². The third-order valence-electron chi connectivity index (χ3n) is 3.38. The maximum atomic E-state index is 12.2. The number of benzene rings is 1. The Kier molecular flexibility index (Phi) is 3.25. The summed E-state index contributed by atoms with van der Waals surface area (Å²) >= 11 is 4.59. The Morgan fingerprint density at radius 1 is 1.21 bits per heavy atom. The smallest absolute Gasteiger partial charge is 0.254 e. The van der Waals surface area contributed by atoms with E-state index in [9.17, 15) is 4.79 Å². The SMILES string of the molecule is O=C1c2ccccc2CN1CC(S)c1ccncc1. The van der Waals surface area contributed by atoms with Crippen molar-refractivity contribution in [1.82, 2.24) is 9.88 Å². The second-order valence-electron chi connectivity index (χ2n) is 4.64. The lowest BCUT2D eigenvalue weighted by molar-refractivity contribution is 0.0779. The van der Waals surface area contributed by atoms with E-state index < -0.39 is 0 Å². The lowest BCUT2D eigenvalue weighted by atomic mass is 10.1. The van der Waals surface area contributed by atoms with E-state index in [0.717, 1.165) is 16.7 Å². The molecule has 2 aromatic rings. The van der Waals surface area contributed by atoms with E-state index in [2.05, 4.69) is 17.6 Å². The molecule has 3 nitrogen and oxygen atoms in total. The highest BCUT2D eigenvalue weighted by Gasteiger charge is 2.28. The van der Waals surface area contributed by atoms with Crippen LogP contribution in [-0.4, -0.2) is 22.3 Å². The third-order valence-corrected chi connectivity index (χ3v) is 3.84. The number of aromatic nitrogens is 1. The molecule has 1 aromatic heterocycles. The molecule has 0 saturated heterocycles. The van der Waals surface area contributed by atoms with Gasteiger partial charge in [0.1, 0.15) is 0 Å². The third kappa shape index (κ3) is 2.36. The summed E-state index contributed by atoms with van der Waals surface area (Å²) in [6, 6.07) is 11.6. The van der Waals surface area contributed by atoms with Gasteiger partial charge in [-0.05, 0) is 29.3 Å². The van der Waals surface area contributed by atoms with Crippen LogP contribution >= 0.6 is 12.6 Å². The minimum atomic E-state index is 0.0151. The van der Waals surface area contributed by atoms with Crippen LogP contribution in [0.4, 0.5) is 0 Å². The predicted molar refractivity (Wildman–Crippen MR) is 77.1 cm³/mol. The molecule has 0 spiro atoms. The lowest BCUT2D eigenvalue weighted by Gasteiger charge is -2.20. The summed E-state index contributed by atoms with van der Waals surface area (Å²) in [5, 5.41) is 0.0151. The summed E-state index contributed by atoms with van der Waals surface area (Å²) in [5.41, 5.74) is 3.00. The summed E-state index contributed by atoms with van der Waals surface area (Å²) in [6.45, 7) is 1.29. The number of rotatable bonds is 3. The molecule has 1 unspecified atom stereocenters. The number of amides is 1. The molecule has 0 bridgehead atoms. The van der Waals surface area contributed by atoms with Crippen molar-refractivity contribution in [3.8, 4) is 0 Å². The standard InChI is InChI=1S/C15H14N2OS/c18-15-13-4-2-1-3-12(13)9-17(15)10-14(19)11-5-7-16-8-6-11/h1-8,14,19H,9-10H2. The van der Waals surface area contributed by atoms with Gasteiger partial charge in [0.25, 0.3) is 5.91 Å². The van der Waals surface area contributed by atoms with Gasteiger partial charge in [-0.3, -0.25) is 9.78 Å². The first-order valence-corrected chi connectivity index (χ1v) is 6.72. The molecule has 1 aliphatic rings. The van der Waals surface area contributed by atoms with Gasteiger partial charge < -0.3 is 4.90 Å². The van der Waals surface area contributed by atoms with Gasteiger partial charge in [-0.25, -0.2) is 0 Å². The van der Waals surface area contributed by atoms with Crippen molar-refractivity contribution in [2.45, 2.75) is 11.8 Å². The van der Waals surface area contributed by atoms with E-state index in [-0.39, 0.29) is 11.2 Å². The van der Waals surface area contributed by atoms with Gasteiger partial charge in [-0.2, -0.15) is 12.6 Å². The summed E-state index contributed by atoms with van der Waals surface area (Å²) in [5.74, 6) is 0.101. The van der Waals surface area contributed by atoms with E-state index in [1.165, 1.54) is 0 Å². The molecule has 0 radical (unpaired) electrons. The second kappa shape index (κ2) is 5.05. The Labute approximate surface area is 117 Å². The summed E-state index contributed by atoms with van der Waals surface area (Å²) in [7, 11) is 0. The quantitative estimate of drug-likeness (QED) is 0.870. The van der Waals surface area contributed by atoms with E-state index >= 15 is 0 Å². The number of hydrogen-bond donors (Lipinski definition) is 1. The van der Waals surface area contributed by atoms with Crippen LogP contribution in [0.1, 0.15) is 26.7 Å². The Morgan fingerprint density at radius 3 is 2.68 bits per heavy atom. The average molecular weight is 270 g/mol. The minimum Gasteiger partial charge on any atom is -0.333 e. The number of fused-ring (bicyclic) bond motifs is 1. The molecule has 1 amide bonds. The van der Waals surface area contributed by atoms with Crippen molar-refractivity contribution in [1.29, 1.82) is 0 Å². The topological polar surface area (TPSA) is 33.2 Å². The highest BCUT2D eigenvalue weighted by Crippen LogP contribution is 2.27. The van der Waals surface area contributed by atoms with Crippen LogP contribution in [0.5, 0.6) is 0 Å². The summed E-state index contributed by atoms with van der Waals surface area (Å²) in [6.07, 6.45) is 3.50. The number of pyridine rings is 1. The maximum Gasteiger partial charge on any atom is 0.254 e. The van der Waals surface area contributed by atoms with E-state index in [0.29, 0.717) is 13.1 Å². The van der Waals surface area contributed by atoms with Crippen LogP contribution in [0, 0.1) is 0 Å². The normalized spacial score (nSPS) is 15.4. The molecule has 1 atom stereocenters. The predicted octanol–water partition coefficient (Wildman–Crippen LogP) is 2.71. The molecule has 3 rings (SSSR count). The van der Waals surface area contributed by atoms with Crippen molar-refractivity contribution >= 4 is 18.5 Å². The van der Waals surface area contributed by atoms with Gasteiger partial charge in [0, 0.05) is 36.3 Å². The van der Waals surface area contributed by atoms with Crippen LogP contribution in [-0.2, 0) is 6.54 Å². The molecular weight excluding hydrogens is 256 g/mol. The van der Waals surface area contributed by atoms with Gasteiger partial charge in [-0.15, -0.1) is 0 Å². The molecule has 1 aromatic carbocycles. The van der Waals surface area contributed by atoms with E-state index in [4.69, 9.17) is 0 Å². The molecule has 0 fully saturated rings. The number of thiol groups is 1. The van der Waals surface area contributed by atoms with E-state index in [1.807, 2.05) is 41.3 Å². The van der Waals surface area contributed by atoms with Crippen molar-refractivity contribution in [3.63, 3.8) is 0 Å². The maximum absolute atomic E-state index is 12.2. The fourth-order valence-corrected chi connectivity index (χ4v) is 2.73. The number of nitrogens with zero attached hydrogens (tertiary/aromatic N) is 2. The number of carbonyl (C=O) groups excluding carboxylic acids is 1. The summed E-state index contributed by atoms with van der Waals surface area (Å²) in [4.78, 5) is 18.1. The molecular formula is C15H14N2OS. The lowest BCUT2D eigenvalue weighted by Crippen LogP contribution is -2.27. The zero-order chi connectivity index (χ0) is 13.2. The first-order valence-electron chi connectivity index (χ1n) is 6.21. The van der Waals surface area contributed by atoms with Gasteiger partial charge >= 0.3 is 0 Å². The summed E-state index contributed by atoms with van der Waals surface area (Å²) < 4.78 is 0. The number of hydrogen-bond acceptors (Lipinski definition) is 3. The zero-order valence-electron chi connectivity index (χ0n) is 10.4. The number of carbonyl (C=O) groups is 1. The van der Waals surface area contributed by atoms with Crippen molar-refractivity contribution in [2.24, 2.45) is 0 Å². The fourth-order valence-electron chi connectivity index (χ4n) is 2.36. The Balaban J connectivity index is 1.75. The van der Waals surface area contributed by atoms with Crippen molar-refractivity contribution < 1.29 is 4.79 Å². The highest BCUT2D eigenvalue weighted by molar-refractivity contribution is 7.80. The minimum absolute atomic E-state index is 0.0151. The van der Waals surface area contributed by atoms with Crippen LogP contribution in [0.25, 0.3) is 0 Å². The molecule has 0 aliphatic carbocycles. The Hall–Kier alpha value is -1.81. The van der Waals surface area contributed by atoms with Crippen LogP contribution in [0.15, 0.2) is 48.8 Å². The molecule has 1 aliphatic heterocycles. The average Bonchev–Trinajstić information content (AvgIpc) is 2.77. The highest BCUT2D eigenvalue weighted by atomic mass is 32.1. The fraction of sp³-hybridized carbons (Fsp3) is 0.200. The van der Waals surface area contributed by atoms with Crippen LogP contribution in [0.3, 0.4) is 0 Å². The monoisotopic (exact) mass is 270 g/mol. The largest absolute Gasteiger partial charge is 0.333 e. The molecule has 19 heavy (non-hydrogen) atoms. The van der Waals surface area contributed by atoms with Gasteiger partial charge in [-0.1, -0.05) is 18.2 Å². The van der Waals surface area contributed by atoms with Crippen molar-refractivity contribution in [2.75, 3.05) is 6.54 Å². The Morgan fingerprint density at radius 2 is 1.95 bits per heavy atom. The second-order valence-corrected chi connectivity index (χ2v) is 5.26. The van der Waals surface area contributed by atoms with Gasteiger partial charge in [0.05, 0.1) is 0 Å². The molecule has 0 saturated carbocycles. The molecule has 96 valence electrons. The Bertz CT molecular complexity index is 600. The van der Waals surface area contributed by atoms with Crippen LogP contribution in [0.2, 0.25) is 0 Å². The van der Waals surface area contributed by atoms with Gasteiger partial charge in [0.2, 0.25) is 0 Å². The first kappa shape index (κ1) is 12.2. The first-order chi connectivity index (χ1) is 9.25. The molecule has 2 heterocycles.